The van der Waals surface area contributed by atoms with E-state index in [4.69, 9.17) is 29.7 Å². The summed E-state index contributed by atoms with van der Waals surface area (Å²) in [7, 11) is 1.79. The van der Waals surface area contributed by atoms with Crippen molar-refractivity contribution >= 4 is 29.9 Å². The van der Waals surface area contributed by atoms with E-state index in [1.165, 1.54) is 0 Å². The van der Waals surface area contributed by atoms with Crippen LogP contribution < -0.4 is 55.1 Å². The Morgan fingerprint density at radius 1 is 0.780 bits per heavy atom. The van der Waals surface area contributed by atoms with Crippen LogP contribution in [0.1, 0.15) is 81.6 Å². The number of rotatable bonds is 14. The lowest BCUT2D eigenvalue weighted by Gasteiger charge is -2.22. The highest BCUT2D eigenvalue weighted by Crippen LogP contribution is 2.23. The van der Waals surface area contributed by atoms with E-state index in [1.807, 2.05) is 24.4 Å². The van der Waals surface area contributed by atoms with Crippen LogP contribution >= 0.6 is 0 Å². The fraction of sp³-hybridized carbons (Fsp3) is 0.571. The number of carbonyl (C=O) groups is 4. The van der Waals surface area contributed by atoms with Gasteiger partial charge in [-0.3, -0.25) is 4.84 Å². The maximum Gasteiger partial charge on any atom is 0.408 e. The third-order valence-corrected chi connectivity index (χ3v) is 6.40. The second-order valence-electron chi connectivity index (χ2n) is 14.5. The maximum absolute atomic E-state index is 13.4. The van der Waals surface area contributed by atoms with Crippen molar-refractivity contribution in [1.82, 2.24) is 10.6 Å². The van der Waals surface area contributed by atoms with Crippen molar-refractivity contribution in [2.75, 3.05) is 18.5 Å². The van der Waals surface area contributed by atoms with Gasteiger partial charge < -0.3 is 53.6 Å². The highest BCUT2D eigenvalue weighted by atomic mass is 127. The number of halogens is 1. The Balaban J connectivity index is 0.0000125. The second-order valence-corrected chi connectivity index (χ2v) is 14.5. The molecule has 0 saturated heterocycles. The van der Waals surface area contributed by atoms with Crippen LogP contribution in [-0.2, 0) is 35.7 Å². The fourth-order valence-electron chi connectivity index (χ4n) is 4.26. The number of esters is 1. The average molecular weight is 816 g/mol. The van der Waals surface area contributed by atoms with Gasteiger partial charge in [-0.15, -0.1) is 0 Å². The molecular weight excluding hydrogens is 761 g/mol. The largest absolute Gasteiger partial charge is 1.00 e. The number of nitrogens with one attached hydrogen (secondary N) is 3. The minimum Gasteiger partial charge on any atom is -1.00 e. The molecule has 1 aromatic heterocycles. The first kappa shape index (κ1) is 44.3. The van der Waals surface area contributed by atoms with E-state index in [1.54, 1.807) is 92.1 Å². The highest BCUT2D eigenvalue weighted by Gasteiger charge is 2.29. The average Bonchev–Trinajstić information content (AvgIpc) is 2.95. The smallest absolute Gasteiger partial charge is 0.408 e. The molecule has 3 amide bonds. The first-order chi connectivity index (χ1) is 22.7. The molecule has 5 N–H and O–H groups in total. The zero-order valence-electron chi connectivity index (χ0n) is 30.8. The number of benzene rings is 1. The van der Waals surface area contributed by atoms with Gasteiger partial charge in [-0.2, -0.15) is 0 Å². The number of carbonyl (C=O) groups excluding carboxylic acids is 4. The molecule has 50 heavy (non-hydrogen) atoms. The number of pyridine rings is 1. The Labute approximate surface area is 312 Å². The van der Waals surface area contributed by atoms with Crippen molar-refractivity contribution in [3.63, 3.8) is 0 Å². The summed E-state index contributed by atoms with van der Waals surface area (Å²) in [5, 5.41) is 8.26. The van der Waals surface area contributed by atoms with Crippen molar-refractivity contribution < 1.29 is 71.5 Å². The van der Waals surface area contributed by atoms with Crippen molar-refractivity contribution in [3.8, 4) is 16.9 Å². The van der Waals surface area contributed by atoms with Crippen LogP contribution in [0.15, 0.2) is 42.6 Å². The molecule has 0 saturated carbocycles. The molecule has 15 heteroatoms. The number of amides is 3. The summed E-state index contributed by atoms with van der Waals surface area (Å²) in [4.78, 5) is 54.9. The molecule has 0 fully saturated rings. The lowest BCUT2D eigenvalue weighted by Crippen LogP contribution is -3.00. The second kappa shape index (κ2) is 19.6. The number of nitrogens with two attached hydrogens (primary N) is 1. The Morgan fingerprint density at radius 2 is 1.34 bits per heavy atom. The first-order valence-electron chi connectivity index (χ1n) is 16.2. The summed E-state index contributed by atoms with van der Waals surface area (Å²) < 4.78 is 23.4. The molecule has 2 atom stereocenters. The number of aromatic nitrogens is 1. The molecule has 1 aromatic carbocycles. The first-order valence-corrected chi connectivity index (χ1v) is 16.2. The normalized spacial score (nSPS) is 12.8. The van der Waals surface area contributed by atoms with Gasteiger partial charge in [0.2, 0.25) is 6.10 Å². The van der Waals surface area contributed by atoms with E-state index in [2.05, 4.69) is 16.0 Å². The van der Waals surface area contributed by atoms with Gasteiger partial charge in [-0.25, -0.2) is 35.0 Å². The SMILES string of the molecule is C[n+]1cc(-c2ccc(OC[C@H](ON)C(=O)OC(C)(C)C)cc2)ccc1NC(=O)[C@H](CCCCNC(=O)OC(C)(C)C)NC(=O)OC(C)(C)C.[I-]. The topological polar surface area (TPSA) is 180 Å². The molecule has 1 heterocycles. The summed E-state index contributed by atoms with van der Waals surface area (Å²) in [5.41, 5.74) is -0.285. The van der Waals surface area contributed by atoms with Gasteiger partial charge in [0.25, 0.3) is 5.82 Å². The fourth-order valence-corrected chi connectivity index (χ4v) is 4.26. The van der Waals surface area contributed by atoms with E-state index >= 15 is 0 Å². The molecule has 0 aliphatic carbocycles. The molecule has 0 aliphatic heterocycles. The third kappa shape index (κ3) is 17.3. The van der Waals surface area contributed by atoms with Gasteiger partial charge in [-0.05, 0) is 105 Å². The summed E-state index contributed by atoms with van der Waals surface area (Å²) in [6.07, 6.45) is 0.965. The van der Waals surface area contributed by atoms with Gasteiger partial charge in [0, 0.05) is 18.2 Å². The molecule has 0 radical (unpaired) electrons. The number of hydrogen-bond donors (Lipinski definition) is 4. The van der Waals surface area contributed by atoms with Gasteiger partial charge >= 0.3 is 24.1 Å². The summed E-state index contributed by atoms with van der Waals surface area (Å²) in [6.45, 7) is 16.1. The number of hydrogen-bond acceptors (Lipinski definition) is 10. The van der Waals surface area contributed by atoms with Crippen LogP contribution in [0.5, 0.6) is 5.75 Å². The lowest BCUT2D eigenvalue weighted by atomic mass is 10.1. The Hall–Kier alpha value is -3.70. The Bertz CT molecular complexity index is 1420. The minimum absolute atomic E-state index is 0. The number of unbranched alkanes of at least 4 members (excludes halogenated alkanes) is 1. The van der Waals surface area contributed by atoms with E-state index in [9.17, 15) is 19.2 Å². The van der Waals surface area contributed by atoms with Gasteiger partial charge in [0.15, 0.2) is 0 Å². The van der Waals surface area contributed by atoms with Gasteiger partial charge in [0.05, 0.1) is 13.2 Å². The molecule has 14 nitrogen and oxygen atoms in total. The molecule has 0 bridgehead atoms. The van der Waals surface area contributed by atoms with Crippen molar-refractivity contribution in [2.24, 2.45) is 12.9 Å². The standard InChI is InChI=1S/C35H53N5O9.HI/c1-33(2,3)46-30(42)27(49-36)22-45-25-17-14-23(15-18-25)24-16-19-28(40(10)21-24)39-29(41)26(38-32(44)48-35(7,8)9)13-11-12-20-37-31(43)47-34(4,5)6;/h14-19,21,26-27H,11-13,20,22,36H2,1-10H3,(H2,37,38,43,44);1H/t26-,27-;/m0./s1. The van der Waals surface area contributed by atoms with Gasteiger partial charge in [-0.1, -0.05) is 12.1 Å². The Morgan fingerprint density at radius 3 is 1.88 bits per heavy atom. The van der Waals surface area contributed by atoms with E-state index < -0.39 is 53.0 Å². The van der Waals surface area contributed by atoms with Crippen molar-refractivity contribution in [2.45, 2.75) is 111 Å². The number of alkyl carbamates (subject to hydrolysis) is 2. The number of ether oxygens (including phenoxy) is 4. The minimum atomic E-state index is -1.08. The monoisotopic (exact) mass is 815 g/mol. The molecule has 2 aromatic rings. The molecule has 0 spiro atoms. The van der Waals surface area contributed by atoms with Gasteiger partial charge in [0.1, 0.15) is 35.2 Å². The lowest BCUT2D eigenvalue weighted by molar-refractivity contribution is -0.656. The van der Waals surface area contributed by atoms with Crippen LogP contribution in [0.25, 0.3) is 11.1 Å². The van der Waals surface area contributed by atoms with E-state index in [-0.39, 0.29) is 30.6 Å². The highest BCUT2D eigenvalue weighted by molar-refractivity contribution is 5.95. The van der Waals surface area contributed by atoms with Crippen LogP contribution in [0.4, 0.5) is 15.4 Å². The van der Waals surface area contributed by atoms with E-state index in [0.29, 0.717) is 37.4 Å². The summed E-state index contributed by atoms with van der Waals surface area (Å²) in [6, 6.07) is 9.94. The zero-order chi connectivity index (χ0) is 37.0. The van der Waals surface area contributed by atoms with Crippen LogP contribution in [0, 0.1) is 0 Å². The quantitative estimate of drug-likeness (QED) is 0.0548. The molecule has 0 unspecified atom stereocenters. The summed E-state index contributed by atoms with van der Waals surface area (Å²) in [5.74, 6) is 5.26. The van der Waals surface area contributed by atoms with Crippen molar-refractivity contribution in [1.29, 1.82) is 0 Å². The van der Waals surface area contributed by atoms with Crippen LogP contribution in [-0.4, -0.2) is 66.2 Å². The number of anilines is 1. The van der Waals surface area contributed by atoms with E-state index in [0.717, 1.165) is 11.1 Å². The van der Waals surface area contributed by atoms with Crippen molar-refractivity contribution in [3.05, 3.63) is 42.6 Å². The number of nitrogens with zero attached hydrogens (tertiary/aromatic N) is 1. The summed E-state index contributed by atoms with van der Waals surface area (Å²) >= 11 is 0. The predicted molar refractivity (Wildman–Crippen MR) is 183 cm³/mol. The number of aryl methyl sites for hydroxylation is 1. The predicted octanol–water partition coefficient (Wildman–Crippen LogP) is 1.69. The molecule has 2 rings (SSSR count). The molecular formula is C35H54IN5O9. The molecule has 280 valence electrons. The van der Waals surface area contributed by atoms with Crippen LogP contribution in [0.2, 0.25) is 0 Å². The van der Waals surface area contributed by atoms with Crippen LogP contribution in [0.3, 0.4) is 0 Å². The third-order valence-electron chi connectivity index (χ3n) is 6.40. The Kier molecular flexibility index (Phi) is 17.4. The molecule has 0 aliphatic rings. The maximum atomic E-state index is 13.4. The zero-order valence-corrected chi connectivity index (χ0v) is 33.0.